The van der Waals surface area contributed by atoms with E-state index < -0.39 is 17.6 Å². The van der Waals surface area contributed by atoms with Gasteiger partial charge < -0.3 is 30.6 Å². The second kappa shape index (κ2) is 8.29. The molecule has 1 heterocycles. The van der Waals surface area contributed by atoms with Crippen LogP contribution in [0.2, 0.25) is 0 Å². The summed E-state index contributed by atoms with van der Waals surface area (Å²) in [5.74, 6) is 0.242. The van der Waals surface area contributed by atoms with Crippen LogP contribution in [-0.4, -0.2) is 43.2 Å². The van der Waals surface area contributed by atoms with Gasteiger partial charge in [0.25, 0.3) is 0 Å². The molecule has 4 atom stereocenters. The Bertz CT molecular complexity index is 1010. The first kappa shape index (κ1) is 20.7. The molecule has 2 aliphatic carbocycles. The molecular weight excluding hydrogens is 405 g/mol. The Hall–Kier alpha value is -3.56. The standard InChI is InChI=1S/C21H24FN5O4/c1-29-14-7-12(8-15(30-2)18(14)31-3)25-21-24-9-13(22)20(27-21)26-17-11-5-4-10(6-11)16(17)19(23)28/h4-5,7-11,16-17H,6H2,1-3H3,(H2,23,28)(H2,24,25,26,27). The van der Waals surface area contributed by atoms with Crippen LogP contribution in [-0.2, 0) is 4.79 Å². The zero-order chi connectivity index (χ0) is 22.1. The van der Waals surface area contributed by atoms with Crippen molar-refractivity contribution in [2.45, 2.75) is 12.5 Å². The molecule has 0 saturated heterocycles. The molecule has 0 spiro atoms. The molecule has 31 heavy (non-hydrogen) atoms. The zero-order valence-electron chi connectivity index (χ0n) is 17.4. The number of methoxy groups -OCH3 is 3. The summed E-state index contributed by atoms with van der Waals surface area (Å²) in [5.41, 5.74) is 6.15. The molecule has 2 aromatic rings. The molecular formula is C21H24FN5O4. The maximum Gasteiger partial charge on any atom is 0.229 e. The topological polar surface area (TPSA) is 121 Å². The molecule has 0 aliphatic heterocycles. The van der Waals surface area contributed by atoms with E-state index in [9.17, 15) is 9.18 Å². The van der Waals surface area contributed by atoms with Crippen molar-refractivity contribution in [3.8, 4) is 17.2 Å². The van der Waals surface area contributed by atoms with Crippen molar-refractivity contribution in [2.24, 2.45) is 23.5 Å². The van der Waals surface area contributed by atoms with E-state index in [-0.39, 0.29) is 29.6 Å². The van der Waals surface area contributed by atoms with E-state index in [1.807, 2.05) is 12.2 Å². The van der Waals surface area contributed by atoms with Crippen LogP contribution in [0.5, 0.6) is 17.2 Å². The van der Waals surface area contributed by atoms with E-state index in [1.54, 1.807) is 12.1 Å². The number of rotatable bonds is 8. The van der Waals surface area contributed by atoms with Crippen molar-refractivity contribution >= 4 is 23.4 Å². The lowest BCUT2D eigenvalue weighted by Crippen LogP contribution is -2.41. The van der Waals surface area contributed by atoms with Crippen molar-refractivity contribution in [1.82, 2.24) is 9.97 Å². The normalized spacial score (nSPS) is 23.5. The van der Waals surface area contributed by atoms with Crippen LogP contribution in [0.4, 0.5) is 21.8 Å². The maximum absolute atomic E-state index is 14.5. The second-order valence-corrected chi connectivity index (χ2v) is 7.48. The Morgan fingerprint density at radius 3 is 2.42 bits per heavy atom. The third-order valence-electron chi connectivity index (χ3n) is 5.76. The molecule has 2 bridgehead atoms. The first-order valence-electron chi connectivity index (χ1n) is 9.79. The lowest BCUT2D eigenvalue weighted by Gasteiger charge is -2.27. The first-order valence-corrected chi connectivity index (χ1v) is 9.79. The minimum Gasteiger partial charge on any atom is -0.493 e. The maximum atomic E-state index is 14.5. The van der Waals surface area contributed by atoms with Gasteiger partial charge in [-0.1, -0.05) is 12.2 Å². The number of allylic oxidation sites excluding steroid dienone is 1. The number of anilines is 3. The summed E-state index contributed by atoms with van der Waals surface area (Å²) >= 11 is 0. The van der Waals surface area contributed by atoms with E-state index >= 15 is 0 Å². The molecule has 1 fully saturated rings. The number of ether oxygens (including phenoxy) is 3. The third-order valence-corrected chi connectivity index (χ3v) is 5.76. The number of hydrogen-bond acceptors (Lipinski definition) is 8. The SMILES string of the molecule is COc1cc(Nc2ncc(F)c(NC3C4C=CC(C4)C3C(N)=O)n2)cc(OC)c1OC. The molecule has 1 saturated carbocycles. The fourth-order valence-electron chi connectivity index (χ4n) is 4.38. The number of amides is 1. The van der Waals surface area contributed by atoms with Crippen LogP contribution >= 0.6 is 0 Å². The van der Waals surface area contributed by atoms with Crippen molar-refractivity contribution in [3.63, 3.8) is 0 Å². The van der Waals surface area contributed by atoms with Crippen molar-refractivity contribution in [2.75, 3.05) is 32.0 Å². The Balaban J connectivity index is 1.59. The molecule has 0 radical (unpaired) electrons. The first-order chi connectivity index (χ1) is 14.9. The van der Waals surface area contributed by atoms with E-state index in [4.69, 9.17) is 19.9 Å². The summed E-state index contributed by atoms with van der Waals surface area (Å²) < 4.78 is 30.5. The molecule has 9 nitrogen and oxygen atoms in total. The lowest BCUT2D eigenvalue weighted by atomic mass is 9.88. The van der Waals surface area contributed by atoms with Gasteiger partial charge in [0.2, 0.25) is 17.6 Å². The van der Waals surface area contributed by atoms with Gasteiger partial charge in [-0.3, -0.25) is 4.79 Å². The van der Waals surface area contributed by atoms with E-state index in [1.165, 1.54) is 21.3 Å². The van der Waals surface area contributed by atoms with Gasteiger partial charge in [0.05, 0.1) is 33.4 Å². The van der Waals surface area contributed by atoms with Gasteiger partial charge in [-0.15, -0.1) is 0 Å². The molecule has 4 rings (SSSR count). The fraction of sp³-hybridized carbons (Fsp3) is 0.381. The monoisotopic (exact) mass is 429 g/mol. The lowest BCUT2D eigenvalue weighted by molar-refractivity contribution is -0.122. The average Bonchev–Trinajstić information content (AvgIpc) is 3.37. The molecule has 4 unspecified atom stereocenters. The Labute approximate surface area is 178 Å². The quantitative estimate of drug-likeness (QED) is 0.548. The third kappa shape index (κ3) is 3.80. The number of nitrogens with one attached hydrogen (secondary N) is 2. The number of carbonyl (C=O) groups is 1. The summed E-state index contributed by atoms with van der Waals surface area (Å²) in [7, 11) is 4.53. The summed E-state index contributed by atoms with van der Waals surface area (Å²) in [5, 5.41) is 6.09. The fourth-order valence-corrected chi connectivity index (χ4v) is 4.38. The molecule has 2 aliphatic rings. The summed E-state index contributed by atoms with van der Waals surface area (Å²) in [6.45, 7) is 0. The van der Waals surface area contributed by atoms with Crippen LogP contribution in [0.3, 0.4) is 0 Å². The van der Waals surface area contributed by atoms with Gasteiger partial charge in [0, 0.05) is 23.9 Å². The number of benzene rings is 1. The van der Waals surface area contributed by atoms with E-state index in [2.05, 4.69) is 20.6 Å². The molecule has 1 aromatic carbocycles. The Morgan fingerprint density at radius 2 is 1.81 bits per heavy atom. The van der Waals surface area contributed by atoms with Crippen LogP contribution in [0.25, 0.3) is 0 Å². The van der Waals surface area contributed by atoms with Crippen molar-refractivity contribution in [1.29, 1.82) is 0 Å². The number of fused-ring (bicyclic) bond motifs is 2. The predicted octanol–water partition coefficient (Wildman–Crippen LogP) is 2.47. The van der Waals surface area contributed by atoms with E-state index in [0.29, 0.717) is 22.9 Å². The number of primary amides is 1. The van der Waals surface area contributed by atoms with E-state index in [0.717, 1.165) is 12.6 Å². The second-order valence-electron chi connectivity index (χ2n) is 7.48. The average molecular weight is 429 g/mol. The number of halogens is 1. The largest absolute Gasteiger partial charge is 0.493 e. The number of aromatic nitrogens is 2. The Kier molecular flexibility index (Phi) is 5.53. The molecule has 4 N–H and O–H groups in total. The number of nitrogens with zero attached hydrogens (tertiary/aromatic N) is 2. The van der Waals surface area contributed by atoms with Crippen LogP contribution in [0, 0.1) is 23.6 Å². The van der Waals surface area contributed by atoms with Gasteiger partial charge in [-0.05, 0) is 18.3 Å². The highest BCUT2D eigenvalue weighted by atomic mass is 19.1. The van der Waals surface area contributed by atoms with Gasteiger partial charge in [-0.2, -0.15) is 4.98 Å². The highest BCUT2D eigenvalue weighted by Gasteiger charge is 2.47. The summed E-state index contributed by atoms with van der Waals surface area (Å²) in [6, 6.07) is 3.06. The van der Waals surface area contributed by atoms with Gasteiger partial charge in [0.1, 0.15) is 0 Å². The van der Waals surface area contributed by atoms with Gasteiger partial charge in [0.15, 0.2) is 23.1 Å². The molecule has 1 aromatic heterocycles. The van der Waals surface area contributed by atoms with Crippen molar-refractivity contribution in [3.05, 3.63) is 36.3 Å². The van der Waals surface area contributed by atoms with Gasteiger partial charge in [-0.25, -0.2) is 9.37 Å². The summed E-state index contributed by atoms with van der Waals surface area (Å²) in [6.07, 6.45) is 5.93. The molecule has 1 amide bonds. The van der Waals surface area contributed by atoms with Gasteiger partial charge >= 0.3 is 0 Å². The zero-order valence-corrected chi connectivity index (χ0v) is 17.4. The summed E-state index contributed by atoms with van der Waals surface area (Å²) in [4.78, 5) is 20.2. The molecule has 164 valence electrons. The molecule has 10 heteroatoms. The minimum atomic E-state index is -0.620. The van der Waals surface area contributed by atoms with Crippen LogP contribution < -0.4 is 30.6 Å². The van der Waals surface area contributed by atoms with Crippen molar-refractivity contribution < 1.29 is 23.4 Å². The highest BCUT2D eigenvalue weighted by Crippen LogP contribution is 2.45. The predicted molar refractivity (Wildman–Crippen MR) is 112 cm³/mol. The number of nitrogens with two attached hydrogens (primary N) is 1. The number of carbonyl (C=O) groups excluding carboxylic acids is 1. The van der Waals surface area contributed by atoms with Crippen LogP contribution in [0.15, 0.2) is 30.5 Å². The minimum absolute atomic E-state index is 0.00198. The number of hydrogen-bond donors (Lipinski definition) is 3. The smallest absolute Gasteiger partial charge is 0.229 e. The van der Waals surface area contributed by atoms with Crippen LogP contribution in [0.1, 0.15) is 6.42 Å². The Morgan fingerprint density at radius 1 is 1.13 bits per heavy atom. The highest BCUT2D eigenvalue weighted by molar-refractivity contribution is 5.79.